The molecule has 3 rings (SSSR count). The first-order chi connectivity index (χ1) is 10.2. The Balaban J connectivity index is 1.71. The van der Waals surface area contributed by atoms with Crippen molar-refractivity contribution < 1.29 is 4.39 Å². The molecule has 1 aromatic heterocycles. The zero-order valence-corrected chi connectivity index (χ0v) is 13.3. The Hall–Kier alpha value is -1.36. The number of aromatic nitrogens is 1. The predicted octanol–water partition coefficient (Wildman–Crippen LogP) is 5.89. The van der Waals surface area contributed by atoms with E-state index in [4.69, 9.17) is 11.6 Å². The van der Waals surface area contributed by atoms with Crippen molar-refractivity contribution in [3.63, 3.8) is 0 Å². The fourth-order valence-electron chi connectivity index (χ4n) is 1.83. The highest BCUT2D eigenvalue weighted by Crippen LogP contribution is 2.31. The second-order valence-corrected chi connectivity index (χ2v) is 6.90. The molecule has 1 nitrogen and oxygen atoms in total. The van der Waals surface area contributed by atoms with Crippen LogP contribution in [0.4, 0.5) is 4.39 Å². The third-order valence-electron chi connectivity index (χ3n) is 2.93. The summed E-state index contributed by atoms with van der Waals surface area (Å²) in [6.45, 7) is 0. The third kappa shape index (κ3) is 3.64. The number of thiazole rings is 1. The molecule has 0 fully saturated rings. The van der Waals surface area contributed by atoms with Crippen LogP contribution in [0, 0.1) is 5.82 Å². The smallest absolute Gasteiger partial charge is 0.150 e. The number of rotatable bonds is 4. The molecule has 106 valence electrons. The molecule has 0 amide bonds. The highest BCUT2D eigenvalue weighted by molar-refractivity contribution is 8.00. The lowest BCUT2D eigenvalue weighted by Gasteiger charge is -2.00. The van der Waals surface area contributed by atoms with Crippen LogP contribution in [-0.2, 0) is 5.75 Å². The Labute approximate surface area is 135 Å². The van der Waals surface area contributed by atoms with Gasteiger partial charge in [0.05, 0.1) is 5.69 Å². The van der Waals surface area contributed by atoms with Gasteiger partial charge in [0.25, 0.3) is 0 Å². The van der Waals surface area contributed by atoms with Crippen LogP contribution in [0.3, 0.4) is 0 Å². The molecular weight excluding hydrogens is 325 g/mol. The maximum absolute atomic E-state index is 13.6. The molecule has 2 aromatic carbocycles. The van der Waals surface area contributed by atoms with Gasteiger partial charge in [0.15, 0.2) is 4.34 Å². The topological polar surface area (TPSA) is 12.9 Å². The first kappa shape index (κ1) is 14.6. The third-order valence-corrected chi connectivity index (χ3v) is 5.25. The largest absolute Gasteiger partial charge is 0.230 e. The van der Waals surface area contributed by atoms with Crippen LogP contribution < -0.4 is 0 Å². The molecule has 0 atom stereocenters. The van der Waals surface area contributed by atoms with Crippen LogP contribution in [0.15, 0.2) is 58.3 Å². The SMILES string of the molecule is Fc1ccccc1CSc1nc(-c2ccc(Cl)cc2)cs1. The van der Waals surface area contributed by atoms with E-state index in [1.54, 1.807) is 35.2 Å². The van der Waals surface area contributed by atoms with Gasteiger partial charge in [0.1, 0.15) is 5.82 Å². The number of nitrogens with zero attached hydrogens (tertiary/aromatic N) is 1. The van der Waals surface area contributed by atoms with E-state index < -0.39 is 0 Å². The van der Waals surface area contributed by atoms with Crippen molar-refractivity contribution in [1.82, 2.24) is 4.98 Å². The number of benzene rings is 2. The van der Waals surface area contributed by atoms with Crippen LogP contribution in [0.1, 0.15) is 5.56 Å². The molecule has 0 aliphatic heterocycles. The molecule has 1 heterocycles. The van der Waals surface area contributed by atoms with E-state index in [2.05, 4.69) is 4.98 Å². The van der Waals surface area contributed by atoms with Gasteiger partial charge in [0.2, 0.25) is 0 Å². The Bertz CT molecular complexity index is 740. The van der Waals surface area contributed by atoms with E-state index in [-0.39, 0.29) is 5.82 Å². The van der Waals surface area contributed by atoms with Gasteiger partial charge in [-0.25, -0.2) is 9.37 Å². The van der Waals surface area contributed by atoms with Gasteiger partial charge in [-0.05, 0) is 23.8 Å². The van der Waals surface area contributed by atoms with Gasteiger partial charge >= 0.3 is 0 Å². The molecular formula is C16H11ClFNS2. The van der Waals surface area contributed by atoms with Crippen LogP contribution in [0.5, 0.6) is 0 Å². The summed E-state index contributed by atoms with van der Waals surface area (Å²) < 4.78 is 14.5. The van der Waals surface area contributed by atoms with Gasteiger partial charge in [-0.3, -0.25) is 0 Å². The Morgan fingerprint density at radius 2 is 1.86 bits per heavy atom. The number of halogens is 2. The lowest BCUT2D eigenvalue weighted by atomic mass is 10.2. The molecule has 0 aliphatic rings. The van der Waals surface area contributed by atoms with Gasteiger partial charge in [-0.15, -0.1) is 11.3 Å². The summed E-state index contributed by atoms with van der Waals surface area (Å²) in [7, 11) is 0. The molecule has 0 bridgehead atoms. The van der Waals surface area contributed by atoms with Gasteiger partial charge in [-0.2, -0.15) is 0 Å². The van der Waals surface area contributed by atoms with E-state index in [1.165, 1.54) is 6.07 Å². The average molecular weight is 336 g/mol. The molecule has 0 saturated heterocycles. The molecule has 0 saturated carbocycles. The van der Waals surface area contributed by atoms with E-state index in [9.17, 15) is 4.39 Å². The second kappa shape index (κ2) is 6.60. The highest BCUT2D eigenvalue weighted by atomic mass is 35.5. The normalized spacial score (nSPS) is 10.8. The van der Waals surface area contributed by atoms with Crippen LogP contribution in [0.2, 0.25) is 5.02 Å². The second-order valence-electron chi connectivity index (χ2n) is 4.39. The summed E-state index contributed by atoms with van der Waals surface area (Å²) in [4.78, 5) is 4.57. The lowest BCUT2D eigenvalue weighted by molar-refractivity contribution is 0.617. The lowest BCUT2D eigenvalue weighted by Crippen LogP contribution is -1.86. The van der Waals surface area contributed by atoms with Crippen molar-refractivity contribution in [2.24, 2.45) is 0 Å². The van der Waals surface area contributed by atoms with E-state index in [1.807, 2.05) is 35.7 Å². The van der Waals surface area contributed by atoms with Crippen molar-refractivity contribution in [3.05, 3.63) is 70.3 Å². The summed E-state index contributed by atoms with van der Waals surface area (Å²) in [5.74, 6) is 0.416. The fourth-order valence-corrected chi connectivity index (χ4v) is 3.78. The van der Waals surface area contributed by atoms with Gasteiger partial charge in [-0.1, -0.05) is 53.7 Å². The number of hydrogen-bond donors (Lipinski definition) is 0. The van der Waals surface area contributed by atoms with Gasteiger partial charge in [0, 0.05) is 21.7 Å². The standard InChI is InChI=1S/C16H11ClFNS2/c17-13-7-5-11(6-8-13)15-10-21-16(19-15)20-9-12-3-1-2-4-14(12)18/h1-8,10H,9H2. The zero-order chi connectivity index (χ0) is 14.7. The highest BCUT2D eigenvalue weighted by Gasteiger charge is 2.07. The van der Waals surface area contributed by atoms with Crippen LogP contribution >= 0.6 is 34.7 Å². The van der Waals surface area contributed by atoms with Crippen molar-refractivity contribution in [2.45, 2.75) is 10.1 Å². The molecule has 0 unspecified atom stereocenters. The zero-order valence-electron chi connectivity index (χ0n) is 10.9. The van der Waals surface area contributed by atoms with E-state index in [0.717, 1.165) is 15.6 Å². The number of thioether (sulfide) groups is 1. The van der Waals surface area contributed by atoms with Crippen molar-refractivity contribution >= 4 is 34.7 Å². The summed E-state index contributed by atoms with van der Waals surface area (Å²) in [5.41, 5.74) is 2.66. The summed E-state index contributed by atoms with van der Waals surface area (Å²) in [6, 6.07) is 14.4. The monoisotopic (exact) mass is 335 g/mol. The molecule has 0 N–H and O–H groups in total. The van der Waals surface area contributed by atoms with Crippen molar-refractivity contribution in [3.8, 4) is 11.3 Å². The minimum absolute atomic E-state index is 0.167. The molecule has 3 aromatic rings. The quantitative estimate of drug-likeness (QED) is 0.551. The number of hydrogen-bond acceptors (Lipinski definition) is 3. The van der Waals surface area contributed by atoms with Crippen molar-refractivity contribution in [2.75, 3.05) is 0 Å². The molecule has 0 spiro atoms. The van der Waals surface area contributed by atoms with Crippen LogP contribution in [-0.4, -0.2) is 4.98 Å². The first-order valence-corrected chi connectivity index (χ1v) is 8.54. The predicted molar refractivity (Wildman–Crippen MR) is 88.5 cm³/mol. The minimum atomic E-state index is -0.167. The molecule has 21 heavy (non-hydrogen) atoms. The molecule has 5 heteroatoms. The summed E-state index contributed by atoms with van der Waals surface area (Å²) in [6.07, 6.45) is 0. The Kier molecular flexibility index (Phi) is 4.58. The Morgan fingerprint density at radius 3 is 2.62 bits per heavy atom. The fraction of sp³-hybridized carbons (Fsp3) is 0.0625. The molecule has 0 aliphatic carbocycles. The maximum Gasteiger partial charge on any atom is 0.150 e. The maximum atomic E-state index is 13.6. The minimum Gasteiger partial charge on any atom is -0.230 e. The molecule has 0 radical (unpaired) electrons. The van der Waals surface area contributed by atoms with E-state index >= 15 is 0 Å². The Morgan fingerprint density at radius 1 is 1.10 bits per heavy atom. The van der Waals surface area contributed by atoms with E-state index in [0.29, 0.717) is 16.3 Å². The van der Waals surface area contributed by atoms with Crippen molar-refractivity contribution in [1.29, 1.82) is 0 Å². The van der Waals surface area contributed by atoms with Crippen LogP contribution in [0.25, 0.3) is 11.3 Å². The van der Waals surface area contributed by atoms with Gasteiger partial charge < -0.3 is 0 Å². The summed E-state index contributed by atoms with van der Waals surface area (Å²) in [5, 5.41) is 2.72. The average Bonchev–Trinajstić information content (AvgIpc) is 2.96. The first-order valence-electron chi connectivity index (χ1n) is 6.30. The summed E-state index contributed by atoms with van der Waals surface area (Å²) >= 11 is 9.00.